The van der Waals surface area contributed by atoms with Gasteiger partial charge in [0.05, 0.1) is 30.2 Å². The Morgan fingerprint density at radius 2 is 1.97 bits per heavy atom. The third kappa shape index (κ3) is 4.85. The summed E-state index contributed by atoms with van der Waals surface area (Å²) in [5.74, 6) is 1.82. The summed E-state index contributed by atoms with van der Waals surface area (Å²) in [5, 5.41) is 13.2. The van der Waals surface area contributed by atoms with Gasteiger partial charge in [-0.1, -0.05) is 0 Å². The Morgan fingerprint density at radius 3 is 2.61 bits per heavy atom. The summed E-state index contributed by atoms with van der Waals surface area (Å²) in [7, 11) is 1.78. The average Bonchev–Trinajstić information content (AvgIpc) is 2.78. The van der Waals surface area contributed by atoms with Crippen molar-refractivity contribution in [2.24, 2.45) is 5.92 Å². The lowest BCUT2D eigenvalue weighted by molar-refractivity contribution is -0.117. The first kappa shape index (κ1) is 21.6. The molecule has 2 N–H and O–H groups in total. The van der Waals surface area contributed by atoms with E-state index in [0.717, 1.165) is 37.7 Å². The van der Waals surface area contributed by atoms with E-state index in [9.17, 15) is 9.90 Å². The molecule has 0 spiro atoms. The summed E-state index contributed by atoms with van der Waals surface area (Å²) in [5.41, 5.74) is 1.02. The van der Waals surface area contributed by atoms with Crippen LogP contribution in [0, 0.1) is 5.92 Å². The molecular formula is C23H31N5O3. The monoisotopic (exact) mass is 425 g/mol. The Kier molecular flexibility index (Phi) is 6.20. The number of anilines is 2. The number of amides is 1. The number of fused-ring (bicyclic) bond motifs is 1. The van der Waals surface area contributed by atoms with E-state index in [1.165, 1.54) is 0 Å². The first-order valence-corrected chi connectivity index (χ1v) is 11.0. The summed E-state index contributed by atoms with van der Waals surface area (Å²) in [6.07, 6.45) is 9.15. The number of nitrogens with one attached hydrogen (secondary N) is 1. The van der Waals surface area contributed by atoms with Crippen LogP contribution in [0.3, 0.4) is 0 Å². The number of methoxy groups -OCH3 is 1. The Bertz CT molecular complexity index is 918. The average molecular weight is 426 g/mol. The molecule has 0 atom stereocenters. The molecule has 31 heavy (non-hydrogen) atoms. The third-order valence-corrected chi connectivity index (χ3v) is 6.29. The van der Waals surface area contributed by atoms with Crippen molar-refractivity contribution >= 4 is 17.5 Å². The van der Waals surface area contributed by atoms with Crippen LogP contribution in [0.1, 0.15) is 51.6 Å². The second-order valence-electron chi connectivity index (χ2n) is 8.98. The van der Waals surface area contributed by atoms with E-state index in [-0.39, 0.29) is 12.5 Å². The number of hydrogen-bond donors (Lipinski definition) is 2. The fourth-order valence-corrected chi connectivity index (χ4v) is 4.31. The van der Waals surface area contributed by atoms with Gasteiger partial charge in [0.15, 0.2) is 11.6 Å². The molecule has 0 bridgehead atoms. The minimum atomic E-state index is -1.00. The Labute approximate surface area is 183 Å². The molecule has 0 saturated heterocycles. The second-order valence-corrected chi connectivity index (χ2v) is 8.98. The molecule has 8 heteroatoms. The molecule has 0 unspecified atom stereocenters. The van der Waals surface area contributed by atoms with Gasteiger partial charge in [0.1, 0.15) is 5.60 Å². The number of rotatable bonds is 6. The number of aromatic nitrogens is 3. The van der Waals surface area contributed by atoms with Crippen molar-refractivity contribution in [2.75, 3.05) is 30.4 Å². The summed E-state index contributed by atoms with van der Waals surface area (Å²) in [6, 6.07) is 3.65. The van der Waals surface area contributed by atoms with Crippen molar-refractivity contribution in [2.45, 2.75) is 57.7 Å². The van der Waals surface area contributed by atoms with Crippen LogP contribution in [-0.2, 0) is 15.1 Å². The number of aliphatic hydroxyl groups is 1. The minimum absolute atomic E-state index is 0.0139. The molecule has 4 rings (SSSR count). The number of nitrogens with zero attached hydrogens (tertiary/aromatic N) is 4. The number of ether oxygens (including phenoxy) is 1. The van der Waals surface area contributed by atoms with Crippen molar-refractivity contribution in [1.82, 2.24) is 15.0 Å². The SMILES string of the molecule is COC1CCC(CCN2C(=O)CNc3ncc(-c4ccc(C(C)(C)O)nc4)nc32)CC1. The maximum Gasteiger partial charge on any atom is 0.247 e. The third-order valence-electron chi connectivity index (χ3n) is 6.29. The van der Waals surface area contributed by atoms with Crippen molar-refractivity contribution in [1.29, 1.82) is 0 Å². The van der Waals surface area contributed by atoms with Crippen molar-refractivity contribution in [3.8, 4) is 11.3 Å². The molecule has 1 aliphatic heterocycles. The van der Waals surface area contributed by atoms with Crippen LogP contribution < -0.4 is 10.2 Å². The van der Waals surface area contributed by atoms with Gasteiger partial charge in [0.25, 0.3) is 0 Å². The van der Waals surface area contributed by atoms with E-state index in [2.05, 4.69) is 15.3 Å². The first-order chi connectivity index (χ1) is 14.8. The van der Waals surface area contributed by atoms with E-state index in [1.54, 1.807) is 44.3 Å². The van der Waals surface area contributed by atoms with Gasteiger partial charge in [0.2, 0.25) is 5.91 Å². The van der Waals surface area contributed by atoms with Crippen molar-refractivity contribution in [3.05, 3.63) is 30.2 Å². The highest BCUT2D eigenvalue weighted by Gasteiger charge is 2.29. The van der Waals surface area contributed by atoms with Crippen LogP contribution >= 0.6 is 0 Å². The fraction of sp³-hybridized carbons (Fsp3) is 0.565. The van der Waals surface area contributed by atoms with Crippen LogP contribution in [0.2, 0.25) is 0 Å². The molecule has 0 aromatic carbocycles. The van der Waals surface area contributed by atoms with Gasteiger partial charge in [-0.05, 0) is 64.0 Å². The summed E-state index contributed by atoms with van der Waals surface area (Å²) in [6.45, 7) is 4.28. The highest BCUT2D eigenvalue weighted by Crippen LogP contribution is 2.32. The lowest BCUT2D eigenvalue weighted by atomic mass is 9.85. The largest absolute Gasteiger partial charge is 0.384 e. The first-order valence-electron chi connectivity index (χ1n) is 11.0. The maximum atomic E-state index is 12.7. The number of carbonyl (C=O) groups excluding carboxylic acids is 1. The molecule has 166 valence electrons. The van der Waals surface area contributed by atoms with E-state index in [4.69, 9.17) is 9.72 Å². The fourth-order valence-electron chi connectivity index (χ4n) is 4.31. The smallest absolute Gasteiger partial charge is 0.247 e. The zero-order chi connectivity index (χ0) is 22.0. The number of carbonyl (C=O) groups is 1. The van der Waals surface area contributed by atoms with E-state index in [1.807, 2.05) is 6.07 Å². The van der Waals surface area contributed by atoms with Crippen LogP contribution in [0.4, 0.5) is 11.6 Å². The van der Waals surface area contributed by atoms with Gasteiger partial charge >= 0.3 is 0 Å². The van der Waals surface area contributed by atoms with E-state index in [0.29, 0.717) is 41.6 Å². The Balaban J connectivity index is 1.51. The molecule has 1 saturated carbocycles. The molecule has 3 heterocycles. The lowest BCUT2D eigenvalue weighted by Gasteiger charge is -2.32. The maximum absolute atomic E-state index is 12.7. The van der Waals surface area contributed by atoms with Gasteiger partial charge < -0.3 is 15.2 Å². The Hall–Kier alpha value is -2.58. The summed E-state index contributed by atoms with van der Waals surface area (Å²) in [4.78, 5) is 28.1. The standard InChI is InChI=1S/C23H31N5O3/c1-23(2,30)19-9-6-16(12-24-19)18-13-25-21-22(27-18)28(20(29)14-26-21)11-10-15-4-7-17(31-3)8-5-15/h6,9,12-13,15,17,30H,4-5,7-8,10-11,14H2,1-3H3,(H,25,26). The van der Waals surface area contributed by atoms with Crippen LogP contribution in [0.15, 0.2) is 24.5 Å². The number of pyridine rings is 1. The van der Waals surface area contributed by atoms with E-state index < -0.39 is 5.60 Å². The van der Waals surface area contributed by atoms with Gasteiger partial charge in [0, 0.05) is 25.4 Å². The van der Waals surface area contributed by atoms with Crippen LogP contribution in [0.5, 0.6) is 0 Å². The molecule has 2 aliphatic rings. The lowest BCUT2D eigenvalue weighted by Crippen LogP contribution is -2.42. The highest BCUT2D eigenvalue weighted by atomic mass is 16.5. The van der Waals surface area contributed by atoms with Gasteiger partial charge in [-0.15, -0.1) is 0 Å². The molecular weight excluding hydrogens is 394 g/mol. The predicted molar refractivity (Wildman–Crippen MR) is 119 cm³/mol. The molecule has 0 radical (unpaired) electrons. The van der Waals surface area contributed by atoms with Gasteiger partial charge in [-0.25, -0.2) is 9.97 Å². The highest BCUT2D eigenvalue weighted by molar-refractivity contribution is 6.00. The summed E-state index contributed by atoms with van der Waals surface area (Å²) < 4.78 is 5.47. The molecule has 1 fully saturated rings. The second kappa shape index (κ2) is 8.88. The van der Waals surface area contributed by atoms with Crippen molar-refractivity contribution < 1.29 is 14.6 Å². The summed E-state index contributed by atoms with van der Waals surface area (Å²) >= 11 is 0. The Morgan fingerprint density at radius 1 is 1.19 bits per heavy atom. The molecule has 8 nitrogen and oxygen atoms in total. The van der Waals surface area contributed by atoms with Gasteiger partial charge in [-0.3, -0.25) is 14.7 Å². The van der Waals surface area contributed by atoms with Gasteiger partial charge in [-0.2, -0.15) is 0 Å². The quantitative estimate of drug-likeness (QED) is 0.733. The zero-order valence-electron chi connectivity index (χ0n) is 18.5. The topological polar surface area (TPSA) is 100 Å². The molecule has 2 aromatic rings. The van der Waals surface area contributed by atoms with Crippen LogP contribution in [-0.4, -0.2) is 52.3 Å². The zero-order valence-corrected chi connectivity index (χ0v) is 18.5. The predicted octanol–water partition coefficient (Wildman–Crippen LogP) is 3.12. The molecule has 1 aliphatic carbocycles. The molecule has 1 amide bonds. The normalized spacial score (nSPS) is 21.5. The van der Waals surface area contributed by atoms with Crippen LogP contribution in [0.25, 0.3) is 11.3 Å². The van der Waals surface area contributed by atoms with Crippen molar-refractivity contribution in [3.63, 3.8) is 0 Å². The minimum Gasteiger partial charge on any atom is -0.384 e. The number of hydrogen-bond acceptors (Lipinski definition) is 7. The van der Waals surface area contributed by atoms with E-state index >= 15 is 0 Å². The molecule has 2 aromatic heterocycles.